The fourth-order valence-electron chi connectivity index (χ4n) is 2.53. The minimum absolute atomic E-state index is 0.121. The molecule has 0 atom stereocenters. The van der Waals surface area contributed by atoms with Crippen molar-refractivity contribution in [1.29, 1.82) is 5.26 Å². The van der Waals surface area contributed by atoms with E-state index in [4.69, 9.17) is 9.44 Å². The summed E-state index contributed by atoms with van der Waals surface area (Å²) >= 11 is 0. The summed E-state index contributed by atoms with van der Waals surface area (Å²) in [5, 5.41) is 8.89. The molecule has 0 aliphatic carbocycles. The van der Waals surface area contributed by atoms with Crippen molar-refractivity contribution in [3.8, 4) is 11.8 Å². The Hall–Kier alpha value is -3.43. The van der Waals surface area contributed by atoms with Crippen molar-refractivity contribution in [2.45, 2.75) is 5.75 Å². The summed E-state index contributed by atoms with van der Waals surface area (Å²) in [6.07, 6.45) is 0. The van der Waals surface area contributed by atoms with Gasteiger partial charge in [-0.25, -0.2) is 0 Å². The normalized spacial score (nSPS) is 10.8. The summed E-state index contributed by atoms with van der Waals surface area (Å²) < 4.78 is 29.6. The molecule has 0 aliphatic rings. The highest BCUT2D eigenvalue weighted by molar-refractivity contribution is 7.86. The second-order valence-corrected chi connectivity index (χ2v) is 7.39. The number of carbonyl (C=O) groups is 1. The molecule has 6 heteroatoms. The van der Waals surface area contributed by atoms with Crippen LogP contribution in [0, 0.1) is 11.3 Å². The van der Waals surface area contributed by atoms with E-state index >= 15 is 0 Å². The number of nitrogens with zero attached hydrogens (tertiary/aromatic N) is 1. The van der Waals surface area contributed by atoms with E-state index in [1.807, 2.05) is 12.1 Å². The Balaban J connectivity index is 1.72. The molecule has 0 fully saturated rings. The summed E-state index contributed by atoms with van der Waals surface area (Å²) in [6.45, 7) is 0. The SMILES string of the molecule is N#Cc1cccc(CS(=O)(=O)Oc2ccc(C(=O)c3ccccc3)cc2)c1. The van der Waals surface area contributed by atoms with Gasteiger partial charge in [-0.2, -0.15) is 13.7 Å². The lowest BCUT2D eigenvalue weighted by Gasteiger charge is -2.08. The Morgan fingerprint density at radius 3 is 2.22 bits per heavy atom. The van der Waals surface area contributed by atoms with Crippen molar-refractivity contribution in [1.82, 2.24) is 0 Å². The number of hydrogen-bond donors (Lipinski definition) is 0. The molecule has 0 saturated heterocycles. The molecule has 27 heavy (non-hydrogen) atoms. The van der Waals surface area contributed by atoms with Crippen molar-refractivity contribution in [2.24, 2.45) is 0 Å². The van der Waals surface area contributed by atoms with Gasteiger partial charge in [-0.1, -0.05) is 42.5 Å². The van der Waals surface area contributed by atoms with Gasteiger partial charge in [0.25, 0.3) is 0 Å². The standard InChI is InChI=1S/C21H15NO4S/c22-14-16-5-4-6-17(13-16)15-27(24,25)26-20-11-9-19(10-12-20)21(23)18-7-2-1-3-8-18/h1-13H,15H2. The molecule has 3 aromatic rings. The largest absolute Gasteiger partial charge is 0.382 e. The van der Waals surface area contributed by atoms with E-state index < -0.39 is 10.1 Å². The number of rotatable bonds is 6. The van der Waals surface area contributed by atoms with Gasteiger partial charge in [-0.05, 0) is 42.0 Å². The zero-order chi connectivity index (χ0) is 19.3. The maximum atomic E-state index is 12.4. The van der Waals surface area contributed by atoms with Gasteiger partial charge in [-0.3, -0.25) is 4.79 Å². The van der Waals surface area contributed by atoms with Gasteiger partial charge >= 0.3 is 10.1 Å². The van der Waals surface area contributed by atoms with E-state index in [0.717, 1.165) is 0 Å². The molecule has 0 aromatic heterocycles. The molecule has 0 N–H and O–H groups in total. The third-order valence-electron chi connectivity index (χ3n) is 3.78. The number of carbonyl (C=O) groups excluding carboxylic acids is 1. The van der Waals surface area contributed by atoms with E-state index in [9.17, 15) is 13.2 Å². The molecule has 0 bridgehead atoms. The number of hydrogen-bond acceptors (Lipinski definition) is 5. The van der Waals surface area contributed by atoms with Crippen LogP contribution in [0.15, 0.2) is 78.9 Å². The molecule has 0 unspecified atom stereocenters. The van der Waals surface area contributed by atoms with Crippen molar-refractivity contribution < 1.29 is 17.4 Å². The Morgan fingerprint density at radius 1 is 0.889 bits per heavy atom. The maximum Gasteiger partial charge on any atom is 0.313 e. The average Bonchev–Trinajstić information content (AvgIpc) is 2.68. The van der Waals surface area contributed by atoms with Crippen molar-refractivity contribution in [3.63, 3.8) is 0 Å². The maximum absolute atomic E-state index is 12.4. The van der Waals surface area contributed by atoms with Gasteiger partial charge in [0.1, 0.15) is 11.5 Å². The van der Waals surface area contributed by atoms with Crippen LogP contribution in [0.25, 0.3) is 0 Å². The smallest absolute Gasteiger partial charge is 0.313 e. The molecule has 0 aliphatic heterocycles. The summed E-state index contributed by atoms with van der Waals surface area (Å²) in [5.41, 5.74) is 1.83. The van der Waals surface area contributed by atoms with Crippen LogP contribution in [0.2, 0.25) is 0 Å². The molecule has 0 radical (unpaired) electrons. The van der Waals surface area contributed by atoms with Crippen LogP contribution in [0.1, 0.15) is 27.0 Å². The van der Waals surface area contributed by atoms with E-state index in [1.54, 1.807) is 42.5 Å². The fourth-order valence-corrected chi connectivity index (χ4v) is 3.58. The first-order valence-electron chi connectivity index (χ1n) is 8.08. The average molecular weight is 377 g/mol. The Bertz CT molecular complexity index is 1100. The zero-order valence-electron chi connectivity index (χ0n) is 14.2. The third kappa shape index (κ3) is 4.81. The fraction of sp³-hybridized carbons (Fsp3) is 0.0476. The summed E-state index contributed by atoms with van der Waals surface area (Å²) in [7, 11) is -3.89. The van der Waals surface area contributed by atoms with Crippen molar-refractivity contribution in [3.05, 3.63) is 101 Å². The number of benzene rings is 3. The van der Waals surface area contributed by atoms with E-state index in [2.05, 4.69) is 0 Å². The highest BCUT2D eigenvalue weighted by Crippen LogP contribution is 2.19. The topological polar surface area (TPSA) is 84.2 Å². The van der Waals surface area contributed by atoms with Crippen LogP contribution in [-0.4, -0.2) is 14.2 Å². The Kier molecular flexibility index (Phi) is 5.34. The molecular weight excluding hydrogens is 362 g/mol. The highest BCUT2D eigenvalue weighted by atomic mass is 32.2. The molecule has 3 aromatic carbocycles. The molecular formula is C21H15NO4S. The Labute approximate surface area is 157 Å². The lowest BCUT2D eigenvalue weighted by atomic mass is 10.0. The van der Waals surface area contributed by atoms with Gasteiger partial charge < -0.3 is 4.18 Å². The third-order valence-corrected chi connectivity index (χ3v) is 4.91. The molecule has 3 rings (SSSR count). The monoisotopic (exact) mass is 377 g/mol. The molecule has 0 spiro atoms. The minimum atomic E-state index is -3.89. The first-order chi connectivity index (χ1) is 13.0. The van der Waals surface area contributed by atoms with Gasteiger partial charge in [0, 0.05) is 11.1 Å². The Morgan fingerprint density at radius 2 is 1.56 bits per heavy atom. The first-order valence-corrected chi connectivity index (χ1v) is 9.65. The molecule has 0 saturated carbocycles. The second-order valence-electron chi connectivity index (χ2n) is 5.82. The molecule has 0 amide bonds. The lowest BCUT2D eigenvalue weighted by molar-refractivity contribution is 0.103. The molecule has 134 valence electrons. The molecule has 0 heterocycles. The molecule has 5 nitrogen and oxygen atoms in total. The van der Waals surface area contributed by atoms with Gasteiger partial charge in [0.2, 0.25) is 0 Å². The predicted molar refractivity (Wildman–Crippen MR) is 101 cm³/mol. The predicted octanol–water partition coefficient (Wildman–Crippen LogP) is 3.70. The quantitative estimate of drug-likeness (QED) is 0.483. The lowest BCUT2D eigenvalue weighted by Crippen LogP contribution is -2.12. The van der Waals surface area contributed by atoms with Gasteiger partial charge in [-0.15, -0.1) is 0 Å². The van der Waals surface area contributed by atoms with E-state index in [0.29, 0.717) is 22.3 Å². The van der Waals surface area contributed by atoms with E-state index in [1.165, 1.54) is 30.3 Å². The van der Waals surface area contributed by atoms with Crippen LogP contribution >= 0.6 is 0 Å². The van der Waals surface area contributed by atoms with Crippen LogP contribution in [0.4, 0.5) is 0 Å². The van der Waals surface area contributed by atoms with Gasteiger partial charge in [0.15, 0.2) is 5.78 Å². The van der Waals surface area contributed by atoms with Gasteiger partial charge in [0.05, 0.1) is 11.6 Å². The number of nitriles is 1. The first kappa shape index (κ1) is 18.4. The minimum Gasteiger partial charge on any atom is -0.382 e. The second kappa shape index (κ2) is 7.85. The van der Waals surface area contributed by atoms with Crippen LogP contribution in [0.5, 0.6) is 5.75 Å². The summed E-state index contributed by atoms with van der Waals surface area (Å²) in [6, 6.07) is 23.0. The van der Waals surface area contributed by atoms with Crippen LogP contribution in [0.3, 0.4) is 0 Å². The highest BCUT2D eigenvalue weighted by Gasteiger charge is 2.15. The summed E-state index contributed by atoms with van der Waals surface area (Å²) in [4.78, 5) is 12.4. The zero-order valence-corrected chi connectivity index (χ0v) is 15.0. The van der Waals surface area contributed by atoms with E-state index in [-0.39, 0.29) is 17.3 Å². The van der Waals surface area contributed by atoms with Crippen molar-refractivity contribution in [2.75, 3.05) is 0 Å². The number of ketones is 1. The summed E-state index contributed by atoms with van der Waals surface area (Å²) in [5.74, 6) is -0.387. The van der Waals surface area contributed by atoms with Crippen LogP contribution < -0.4 is 4.18 Å². The van der Waals surface area contributed by atoms with Crippen LogP contribution in [-0.2, 0) is 15.9 Å². The van der Waals surface area contributed by atoms with Crippen molar-refractivity contribution >= 4 is 15.9 Å².